The molecule has 2 rings (SSSR count). The summed E-state index contributed by atoms with van der Waals surface area (Å²) >= 11 is 0. The van der Waals surface area contributed by atoms with Gasteiger partial charge in [0, 0.05) is 6.04 Å². The van der Waals surface area contributed by atoms with Crippen molar-refractivity contribution >= 4 is 17.3 Å². The van der Waals surface area contributed by atoms with Crippen LogP contribution in [-0.2, 0) is 0 Å². The topological polar surface area (TPSA) is 119 Å². The third-order valence-electron chi connectivity index (χ3n) is 4.17. The van der Waals surface area contributed by atoms with E-state index >= 15 is 0 Å². The molecule has 0 aromatic carbocycles. The van der Waals surface area contributed by atoms with Crippen molar-refractivity contribution in [2.45, 2.75) is 39.2 Å². The first-order valence-electron chi connectivity index (χ1n) is 6.77. The van der Waals surface area contributed by atoms with Crippen molar-refractivity contribution < 1.29 is 4.92 Å². The second kappa shape index (κ2) is 6.00. The molecule has 8 nitrogen and oxygen atoms in total. The predicted molar refractivity (Wildman–Crippen MR) is 76.1 cm³/mol. The van der Waals surface area contributed by atoms with Crippen LogP contribution < -0.4 is 16.6 Å². The molecule has 8 heteroatoms. The van der Waals surface area contributed by atoms with Gasteiger partial charge in [-0.15, -0.1) is 0 Å². The van der Waals surface area contributed by atoms with Gasteiger partial charge < -0.3 is 10.7 Å². The monoisotopic (exact) mass is 280 g/mol. The zero-order chi connectivity index (χ0) is 14.7. The molecule has 1 aliphatic carbocycles. The van der Waals surface area contributed by atoms with E-state index in [1.165, 1.54) is 12.7 Å². The molecule has 3 atom stereocenters. The minimum absolute atomic E-state index is 0.0176. The largest absolute Gasteiger partial charge is 0.361 e. The van der Waals surface area contributed by atoms with Crippen LogP contribution in [0.1, 0.15) is 33.1 Å². The van der Waals surface area contributed by atoms with Crippen LogP contribution in [-0.4, -0.2) is 20.9 Å². The minimum Gasteiger partial charge on any atom is -0.361 e. The van der Waals surface area contributed by atoms with Gasteiger partial charge in [-0.25, -0.2) is 15.8 Å². The zero-order valence-corrected chi connectivity index (χ0v) is 11.7. The molecule has 1 saturated carbocycles. The van der Waals surface area contributed by atoms with E-state index in [4.69, 9.17) is 5.84 Å². The second-order valence-corrected chi connectivity index (χ2v) is 5.34. The fourth-order valence-electron chi connectivity index (χ4n) is 2.72. The van der Waals surface area contributed by atoms with E-state index in [9.17, 15) is 10.1 Å². The molecule has 0 radical (unpaired) electrons. The molecule has 110 valence electrons. The summed E-state index contributed by atoms with van der Waals surface area (Å²) in [5, 5.41) is 14.4. The average molecular weight is 280 g/mol. The van der Waals surface area contributed by atoms with Crippen molar-refractivity contribution in [2.24, 2.45) is 17.7 Å². The van der Waals surface area contributed by atoms with Crippen LogP contribution >= 0.6 is 0 Å². The maximum absolute atomic E-state index is 11.2. The maximum atomic E-state index is 11.2. The number of aromatic nitrogens is 2. The van der Waals surface area contributed by atoms with Gasteiger partial charge in [-0.3, -0.25) is 10.1 Å². The molecule has 0 bridgehead atoms. The normalized spacial score (nSPS) is 26.1. The number of nitrogens with two attached hydrogens (primary N) is 1. The Balaban J connectivity index is 2.27. The van der Waals surface area contributed by atoms with Crippen LogP contribution in [0.3, 0.4) is 0 Å². The Bertz CT molecular complexity index is 495. The Morgan fingerprint density at radius 3 is 2.70 bits per heavy atom. The standard InChI is InChI=1S/C12H20N6O2/c1-7-4-3-5-9(8(7)2)16-11-10(18(19)20)12(17-13)15-6-14-11/h6-9H,3-5,13H2,1-2H3,(H2,14,15,16,17). The Morgan fingerprint density at radius 2 is 2.05 bits per heavy atom. The quantitative estimate of drug-likeness (QED) is 0.437. The van der Waals surface area contributed by atoms with E-state index in [-0.39, 0.29) is 23.4 Å². The van der Waals surface area contributed by atoms with E-state index in [0.717, 1.165) is 12.8 Å². The molecule has 1 aromatic heterocycles. The number of hydrogen-bond acceptors (Lipinski definition) is 7. The number of hydrogen-bond donors (Lipinski definition) is 3. The van der Waals surface area contributed by atoms with Crippen molar-refractivity contribution in [2.75, 3.05) is 10.7 Å². The van der Waals surface area contributed by atoms with E-state index in [1.54, 1.807) is 0 Å². The average Bonchev–Trinajstić information content (AvgIpc) is 2.43. The lowest BCUT2D eigenvalue weighted by Gasteiger charge is -2.34. The van der Waals surface area contributed by atoms with Gasteiger partial charge in [0.1, 0.15) is 6.33 Å². The van der Waals surface area contributed by atoms with Gasteiger partial charge >= 0.3 is 5.69 Å². The second-order valence-electron chi connectivity index (χ2n) is 5.34. The predicted octanol–water partition coefficient (Wildman–Crippen LogP) is 1.91. The summed E-state index contributed by atoms with van der Waals surface area (Å²) < 4.78 is 0. The van der Waals surface area contributed by atoms with Crippen molar-refractivity contribution in [1.82, 2.24) is 9.97 Å². The summed E-state index contributed by atoms with van der Waals surface area (Å²) in [4.78, 5) is 18.4. The highest BCUT2D eigenvalue weighted by Crippen LogP contribution is 2.34. The number of nitrogens with zero attached hydrogens (tertiary/aromatic N) is 3. The number of nitrogen functional groups attached to an aromatic ring is 1. The molecule has 1 heterocycles. The summed E-state index contributed by atoms with van der Waals surface area (Å²) in [6, 6.07) is 0.179. The molecule has 0 saturated heterocycles. The molecule has 0 aliphatic heterocycles. The third-order valence-corrected chi connectivity index (χ3v) is 4.17. The van der Waals surface area contributed by atoms with Crippen LogP contribution in [0, 0.1) is 22.0 Å². The zero-order valence-electron chi connectivity index (χ0n) is 11.7. The van der Waals surface area contributed by atoms with Crippen LogP contribution in [0.4, 0.5) is 17.3 Å². The number of nitro groups is 1. The highest BCUT2D eigenvalue weighted by atomic mass is 16.6. The summed E-state index contributed by atoms with van der Waals surface area (Å²) in [6.45, 7) is 4.37. The molecule has 1 aromatic rings. The maximum Gasteiger partial charge on any atom is 0.354 e. The van der Waals surface area contributed by atoms with Gasteiger partial charge in [-0.1, -0.05) is 26.7 Å². The van der Waals surface area contributed by atoms with E-state index < -0.39 is 4.92 Å². The summed E-state index contributed by atoms with van der Waals surface area (Å²) in [5.41, 5.74) is 2.03. The fourth-order valence-corrected chi connectivity index (χ4v) is 2.72. The highest BCUT2D eigenvalue weighted by molar-refractivity contribution is 5.69. The molecule has 0 amide bonds. The Labute approximate surface area is 117 Å². The van der Waals surface area contributed by atoms with Crippen molar-refractivity contribution in [3.8, 4) is 0 Å². The number of nitrogens with one attached hydrogen (secondary N) is 2. The summed E-state index contributed by atoms with van der Waals surface area (Å²) in [5.74, 6) is 6.54. The highest BCUT2D eigenvalue weighted by Gasteiger charge is 2.30. The Kier molecular flexibility index (Phi) is 4.33. The number of anilines is 2. The van der Waals surface area contributed by atoms with Crippen LogP contribution in [0.25, 0.3) is 0 Å². The van der Waals surface area contributed by atoms with Gasteiger partial charge in [0.15, 0.2) is 0 Å². The summed E-state index contributed by atoms with van der Waals surface area (Å²) in [7, 11) is 0. The van der Waals surface area contributed by atoms with Crippen LogP contribution in [0.5, 0.6) is 0 Å². The molecule has 1 fully saturated rings. The smallest absolute Gasteiger partial charge is 0.354 e. The van der Waals surface area contributed by atoms with Gasteiger partial charge in [0.05, 0.1) is 4.92 Å². The number of hydrazine groups is 1. The van der Waals surface area contributed by atoms with Gasteiger partial charge in [0.25, 0.3) is 0 Å². The molecule has 20 heavy (non-hydrogen) atoms. The molecule has 3 unspecified atom stereocenters. The van der Waals surface area contributed by atoms with E-state index in [2.05, 4.69) is 34.6 Å². The first-order valence-corrected chi connectivity index (χ1v) is 6.77. The molecule has 1 aliphatic rings. The first kappa shape index (κ1) is 14.4. The van der Waals surface area contributed by atoms with Crippen molar-refractivity contribution in [3.05, 3.63) is 16.4 Å². The van der Waals surface area contributed by atoms with Gasteiger partial charge in [0.2, 0.25) is 11.6 Å². The van der Waals surface area contributed by atoms with Crippen molar-refractivity contribution in [1.29, 1.82) is 0 Å². The lowest BCUT2D eigenvalue weighted by molar-refractivity contribution is -0.383. The molecular formula is C12H20N6O2. The van der Waals surface area contributed by atoms with Crippen molar-refractivity contribution in [3.63, 3.8) is 0 Å². The lowest BCUT2D eigenvalue weighted by atomic mass is 9.78. The third kappa shape index (κ3) is 2.79. The number of rotatable bonds is 4. The SMILES string of the molecule is CC1CCCC(Nc2ncnc(NN)c2[N+](=O)[O-])C1C. The Hall–Kier alpha value is -1.96. The molecular weight excluding hydrogens is 260 g/mol. The summed E-state index contributed by atoms with van der Waals surface area (Å²) in [6.07, 6.45) is 4.56. The first-order chi connectivity index (χ1) is 9.54. The molecule has 0 spiro atoms. The fraction of sp³-hybridized carbons (Fsp3) is 0.667. The lowest BCUT2D eigenvalue weighted by Crippen LogP contribution is -2.35. The van der Waals surface area contributed by atoms with Gasteiger partial charge in [-0.05, 0) is 18.3 Å². The Morgan fingerprint density at radius 1 is 1.35 bits per heavy atom. The van der Waals surface area contributed by atoms with Crippen LogP contribution in [0.2, 0.25) is 0 Å². The van der Waals surface area contributed by atoms with E-state index in [0.29, 0.717) is 11.8 Å². The minimum atomic E-state index is -0.519. The van der Waals surface area contributed by atoms with Crippen LogP contribution in [0.15, 0.2) is 6.33 Å². The van der Waals surface area contributed by atoms with E-state index in [1.807, 2.05) is 0 Å². The van der Waals surface area contributed by atoms with Gasteiger partial charge in [-0.2, -0.15) is 0 Å². The molecule has 4 N–H and O–H groups in total.